The number of phosphoric ester groups is 2. The Morgan fingerprint density at radius 2 is 1.85 bits per heavy atom. The maximum atomic E-state index is 12.9. The van der Waals surface area contributed by atoms with Gasteiger partial charge in [-0.3, -0.25) is 23.0 Å². The lowest BCUT2D eigenvalue weighted by atomic mass is 9.80. The largest absolute Gasteiger partial charge is 0.492 e. The molecule has 0 aromatic heterocycles. The molecular formula is C16H29N2O13P3. The van der Waals surface area contributed by atoms with Crippen LogP contribution >= 0.6 is 23.5 Å². The van der Waals surface area contributed by atoms with Crippen LogP contribution in [0.4, 0.5) is 4.79 Å². The van der Waals surface area contributed by atoms with Crippen molar-refractivity contribution in [2.45, 2.75) is 32.3 Å². The lowest BCUT2D eigenvalue weighted by Crippen LogP contribution is -2.51. The predicted octanol–water partition coefficient (Wildman–Crippen LogP) is 2.50. The van der Waals surface area contributed by atoms with E-state index in [0.29, 0.717) is 6.54 Å². The van der Waals surface area contributed by atoms with Gasteiger partial charge in [0.2, 0.25) is 0 Å². The van der Waals surface area contributed by atoms with Crippen molar-refractivity contribution in [2.75, 3.05) is 34.5 Å². The number of urea groups is 1. The van der Waals surface area contributed by atoms with E-state index in [-0.39, 0.29) is 0 Å². The van der Waals surface area contributed by atoms with Crippen LogP contribution in [0.15, 0.2) is 24.4 Å². The standard InChI is InChI=1S/C16H29N2O13P3/c1-7-16(3)12(29-14(13(16)19)18-9-11(2)8-17-15(18)20)10-28-33(23,26-5)31-34(24,27-6)30-32(21,22)25-4/h7,9,12-14,19H,1,8,10H2,2-6H3,(H,17,20)(H,21,22)/t12-,13+,14-,16+,33?,34?/m1/s1. The van der Waals surface area contributed by atoms with Crippen molar-refractivity contribution in [1.29, 1.82) is 0 Å². The Balaban J connectivity index is 2.22. The number of carbonyl (C=O) groups is 1. The third-order valence-electron chi connectivity index (χ3n) is 5.20. The smallest absolute Gasteiger partial charge is 0.387 e. The summed E-state index contributed by atoms with van der Waals surface area (Å²) >= 11 is 0. The molecule has 0 aromatic rings. The number of nitrogens with one attached hydrogen (secondary N) is 1. The molecule has 34 heavy (non-hydrogen) atoms. The summed E-state index contributed by atoms with van der Waals surface area (Å²) in [4.78, 5) is 22.9. The van der Waals surface area contributed by atoms with E-state index < -0.39 is 60.0 Å². The molecule has 2 heterocycles. The maximum Gasteiger partial charge on any atom is 0.492 e. The number of rotatable bonds is 12. The van der Waals surface area contributed by atoms with Crippen LogP contribution in [0, 0.1) is 5.41 Å². The summed E-state index contributed by atoms with van der Waals surface area (Å²) in [6.07, 6.45) is -0.564. The molecule has 196 valence electrons. The highest BCUT2D eigenvalue weighted by atomic mass is 31.3. The second-order valence-corrected chi connectivity index (χ2v) is 12.8. The van der Waals surface area contributed by atoms with Gasteiger partial charge in [0.05, 0.1) is 12.7 Å². The van der Waals surface area contributed by atoms with Crippen LogP contribution in [0.1, 0.15) is 13.8 Å². The van der Waals surface area contributed by atoms with Crippen molar-refractivity contribution < 1.29 is 59.9 Å². The molecule has 18 heteroatoms. The number of ether oxygens (including phenoxy) is 1. The van der Waals surface area contributed by atoms with Crippen molar-refractivity contribution in [3.63, 3.8) is 0 Å². The minimum atomic E-state index is -4.97. The fraction of sp³-hybridized carbons (Fsp3) is 0.688. The van der Waals surface area contributed by atoms with Crippen LogP contribution < -0.4 is 5.32 Å². The van der Waals surface area contributed by atoms with E-state index in [1.165, 1.54) is 17.2 Å². The highest BCUT2D eigenvalue weighted by molar-refractivity contribution is 7.67. The number of hydrogen-bond donors (Lipinski definition) is 3. The molecule has 0 bridgehead atoms. The zero-order chi connectivity index (χ0) is 25.9. The Kier molecular flexibility index (Phi) is 9.48. The molecule has 15 nitrogen and oxygen atoms in total. The van der Waals surface area contributed by atoms with E-state index in [2.05, 4.69) is 29.8 Å². The summed E-state index contributed by atoms with van der Waals surface area (Å²) in [7, 11) is -12.1. The Bertz CT molecular complexity index is 958. The van der Waals surface area contributed by atoms with Gasteiger partial charge in [-0.25, -0.2) is 18.5 Å². The molecule has 2 aliphatic heterocycles. The molecule has 3 unspecified atom stereocenters. The first-order valence-electron chi connectivity index (χ1n) is 9.66. The molecule has 1 saturated heterocycles. The predicted molar refractivity (Wildman–Crippen MR) is 116 cm³/mol. The summed E-state index contributed by atoms with van der Waals surface area (Å²) in [6, 6.07) is -0.502. The van der Waals surface area contributed by atoms with Crippen LogP contribution in [0.5, 0.6) is 0 Å². The Hall–Kier alpha value is -0.920. The summed E-state index contributed by atoms with van der Waals surface area (Å²) < 4.78 is 70.4. The zero-order valence-corrected chi connectivity index (χ0v) is 21.9. The first kappa shape index (κ1) is 29.3. The second-order valence-electron chi connectivity index (χ2n) is 7.44. The SMILES string of the molecule is C=C[C@@]1(C)[C@@H](COP(=O)(OC)OP(=O)(OC)OP(=O)(O)OC)O[C@@H](N2C=C(C)CNC2=O)[C@@H]1O. The Morgan fingerprint density at radius 3 is 2.38 bits per heavy atom. The van der Waals surface area contributed by atoms with Gasteiger partial charge >= 0.3 is 29.5 Å². The molecule has 0 spiro atoms. The van der Waals surface area contributed by atoms with Gasteiger partial charge in [0.1, 0.15) is 6.10 Å². The summed E-state index contributed by atoms with van der Waals surface area (Å²) in [5.74, 6) is 0. The molecule has 0 saturated carbocycles. The highest BCUT2D eigenvalue weighted by Gasteiger charge is 2.55. The van der Waals surface area contributed by atoms with Gasteiger partial charge in [0.15, 0.2) is 6.23 Å². The number of aliphatic hydroxyl groups is 1. The first-order chi connectivity index (χ1) is 15.7. The topological polar surface area (TPSA) is 189 Å². The van der Waals surface area contributed by atoms with Crippen LogP contribution in [0.3, 0.4) is 0 Å². The van der Waals surface area contributed by atoms with Gasteiger partial charge in [-0.1, -0.05) is 13.0 Å². The van der Waals surface area contributed by atoms with Gasteiger partial charge in [-0.05, 0) is 12.5 Å². The molecule has 0 aromatic carbocycles. The summed E-state index contributed by atoms with van der Waals surface area (Å²) in [6.45, 7) is 6.80. The molecule has 2 aliphatic rings. The minimum absolute atomic E-state index is 0.337. The summed E-state index contributed by atoms with van der Waals surface area (Å²) in [5.41, 5.74) is -0.402. The fourth-order valence-corrected chi connectivity index (χ4v) is 7.10. The third-order valence-corrected chi connectivity index (χ3v) is 10.2. The molecule has 1 fully saturated rings. The van der Waals surface area contributed by atoms with Crippen LogP contribution in [0.25, 0.3) is 0 Å². The Morgan fingerprint density at radius 1 is 1.24 bits per heavy atom. The third kappa shape index (κ3) is 6.44. The maximum absolute atomic E-state index is 12.9. The van der Waals surface area contributed by atoms with Gasteiger partial charge < -0.3 is 20.1 Å². The highest BCUT2D eigenvalue weighted by Crippen LogP contribution is 2.71. The van der Waals surface area contributed by atoms with Crippen molar-refractivity contribution in [3.05, 3.63) is 24.4 Å². The number of aliphatic hydroxyl groups excluding tert-OH is 1. The van der Waals surface area contributed by atoms with E-state index in [9.17, 15) is 28.5 Å². The number of amides is 2. The molecule has 2 amide bonds. The number of phosphoric acid groups is 3. The normalized spacial score (nSPS) is 32.8. The van der Waals surface area contributed by atoms with Gasteiger partial charge in [0, 0.05) is 39.5 Å². The lowest BCUT2D eigenvalue weighted by molar-refractivity contribution is -0.0652. The average molecular weight is 550 g/mol. The number of carbonyl (C=O) groups excluding carboxylic acids is 1. The quantitative estimate of drug-likeness (QED) is 0.238. The minimum Gasteiger partial charge on any atom is -0.387 e. The molecule has 2 rings (SSSR count). The molecule has 7 atom stereocenters. The average Bonchev–Trinajstić information content (AvgIpc) is 3.04. The van der Waals surface area contributed by atoms with Gasteiger partial charge in [0.25, 0.3) is 0 Å². The molecule has 3 N–H and O–H groups in total. The van der Waals surface area contributed by atoms with E-state index in [0.717, 1.165) is 26.9 Å². The lowest BCUT2D eigenvalue weighted by Gasteiger charge is -2.33. The van der Waals surface area contributed by atoms with Gasteiger partial charge in [-0.15, -0.1) is 6.58 Å². The number of hydrogen-bond acceptors (Lipinski definition) is 12. The van der Waals surface area contributed by atoms with Crippen LogP contribution in [-0.4, -0.2) is 73.8 Å². The van der Waals surface area contributed by atoms with E-state index in [4.69, 9.17) is 13.6 Å². The van der Waals surface area contributed by atoms with Gasteiger partial charge in [-0.2, -0.15) is 8.62 Å². The fourth-order valence-electron chi connectivity index (χ4n) is 3.05. The van der Waals surface area contributed by atoms with Crippen molar-refractivity contribution >= 4 is 29.5 Å². The zero-order valence-electron chi connectivity index (χ0n) is 19.2. The van der Waals surface area contributed by atoms with Crippen molar-refractivity contribution in [3.8, 4) is 0 Å². The van der Waals surface area contributed by atoms with Crippen molar-refractivity contribution in [2.24, 2.45) is 5.41 Å². The second kappa shape index (κ2) is 11.0. The van der Waals surface area contributed by atoms with E-state index in [1.807, 2.05) is 0 Å². The first-order valence-corrected chi connectivity index (χ1v) is 14.1. The number of nitrogens with zero attached hydrogens (tertiary/aromatic N) is 1. The van der Waals surface area contributed by atoms with Crippen LogP contribution in [0.2, 0.25) is 0 Å². The van der Waals surface area contributed by atoms with Crippen molar-refractivity contribution in [1.82, 2.24) is 10.2 Å². The molecular weight excluding hydrogens is 521 g/mol. The van der Waals surface area contributed by atoms with Crippen LogP contribution in [-0.2, 0) is 45.1 Å². The monoisotopic (exact) mass is 550 g/mol. The molecule has 0 radical (unpaired) electrons. The molecule has 0 aliphatic carbocycles. The van der Waals surface area contributed by atoms with E-state index in [1.54, 1.807) is 13.8 Å². The summed E-state index contributed by atoms with van der Waals surface area (Å²) in [5, 5.41) is 13.5. The van der Waals surface area contributed by atoms with E-state index >= 15 is 0 Å². The Labute approximate surface area is 196 Å².